The first-order valence-electron chi connectivity index (χ1n) is 23.4. The van der Waals surface area contributed by atoms with Crippen LogP contribution in [0, 0.1) is 11.3 Å². The minimum Gasteiger partial charge on any atom is -0.493 e. The molecule has 6 N–H and O–H groups in total. The summed E-state index contributed by atoms with van der Waals surface area (Å²) in [4.78, 5) is 32.3. The first kappa shape index (κ1) is 50.8. The van der Waals surface area contributed by atoms with Crippen molar-refractivity contribution in [3.05, 3.63) is 97.1 Å². The van der Waals surface area contributed by atoms with Crippen LogP contribution in [-0.4, -0.2) is 149 Å². The van der Waals surface area contributed by atoms with Crippen molar-refractivity contribution < 1.29 is 34.3 Å². The van der Waals surface area contributed by atoms with Gasteiger partial charge in [0.25, 0.3) is 0 Å². The van der Waals surface area contributed by atoms with Crippen molar-refractivity contribution in [2.75, 3.05) is 91.0 Å². The topological polar surface area (TPSA) is 241 Å². The molecule has 1 aliphatic heterocycles. The summed E-state index contributed by atoms with van der Waals surface area (Å²) >= 11 is 0. The molecule has 3 unspecified atom stereocenters. The maximum Gasteiger partial charge on any atom is 0.162 e. The Labute approximate surface area is 408 Å². The fraction of sp³-hybridized carbons (Fsp3) is 0.392. The third-order valence-corrected chi connectivity index (χ3v) is 11.5. The summed E-state index contributed by atoms with van der Waals surface area (Å²) < 4.78 is 24.4. The van der Waals surface area contributed by atoms with E-state index in [2.05, 4.69) is 36.9 Å². The van der Waals surface area contributed by atoms with E-state index in [1.165, 1.54) is 6.33 Å². The van der Waals surface area contributed by atoms with Gasteiger partial charge in [0.15, 0.2) is 23.1 Å². The normalized spacial score (nSPS) is 14.4. The van der Waals surface area contributed by atoms with Gasteiger partial charge in [-0.3, -0.25) is 4.90 Å². The van der Waals surface area contributed by atoms with Crippen molar-refractivity contribution >= 4 is 11.6 Å². The lowest BCUT2D eigenvalue weighted by atomic mass is 10.1. The Hall–Kier alpha value is -7.05. The van der Waals surface area contributed by atoms with Gasteiger partial charge in [0.1, 0.15) is 67.7 Å². The minimum atomic E-state index is -0.730. The highest BCUT2D eigenvalue weighted by Crippen LogP contribution is 2.36. The first-order valence-corrected chi connectivity index (χ1v) is 23.4. The number of aliphatic hydroxyl groups is 3. The number of nitriles is 1. The molecule has 0 saturated carbocycles. The zero-order valence-electron chi connectivity index (χ0n) is 40.1. The van der Waals surface area contributed by atoms with Gasteiger partial charge in [-0.1, -0.05) is 18.2 Å². The van der Waals surface area contributed by atoms with E-state index in [-0.39, 0.29) is 19.8 Å². The molecule has 0 bridgehead atoms. The predicted octanol–water partition coefficient (Wildman–Crippen LogP) is 4.80. The summed E-state index contributed by atoms with van der Waals surface area (Å²) in [6.45, 7) is 3.74. The van der Waals surface area contributed by atoms with Crippen LogP contribution in [0.4, 0.5) is 11.6 Å². The molecule has 6 aromatic rings. The molecule has 368 valence electrons. The molecule has 1 fully saturated rings. The second-order valence-corrected chi connectivity index (χ2v) is 16.8. The molecule has 70 heavy (non-hydrogen) atoms. The molecule has 1 aliphatic rings. The molecular weight excluding hydrogens is 893 g/mol. The minimum absolute atomic E-state index is 0.0644. The van der Waals surface area contributed by atoms with Crippen LogP contribution in [0.5, 0.6) is 23.0 Å². The lowest BCUT2D eigenvalue weighted by molar-refractivity contribution is 0.0382. The SMILES string of the molecule is CNCC(O)COc1cccc(-c2nc(-c3ccc(OCc4ccc(OCC(O)CNC)cc4-c4nc(NCCCN5CCCC5O)cc(-c5cncnc5)n4)c(OC)c3)cc(N(C)CCC#N)n2)c1. The molecule has 19 nitrogen and oxygen atoms in total. The lowest BCUT2D eigenvalue weighted by Gasteiger charge is -2.20. The van der Waals surface area contributed by atoms with Gasteiger partial charge in [-0.2, -0.15) is 5.26 Å². The third kappa shape index (κ3) is 14.0. The zero-order valence-corrected chi connectivity index (χ0v) is 40.1. The summed E-state index contributed by atoms with van der Waals surface area (Å²) in [5.41, 5.74) is 4.76. The number of likely N-dealkylation sites (tertiary alicyclic amines) is 1. The molecule has 19 heteroatoms. The molecule has 3 aromatic carbocycles. The molecule has 4 heterocycles. The quantitative estimate of drug-likeness (QED) is 0.0400. The molecule has 7 rings (SSSR count). The standard InChI is InChI=1S/C51H62N12O7/c1-53-28-38(64)31-68-40-10-5-9-35(21-40)50-58-44(25-48(61-50)62(3)18-7-16-52)34-13-15-45(46(22-34)67-4)70-30-36-12-14-41(69-32-39(65)29-54-2)23-42(36)51-59-43(37-26-55-33-56-27-37)24-47(60-51)57-17-8-20-63-19-6-11-49(63)66/h5,9-10,12-15,21-27,33,38-39,49,53-54,64-66H,6-8,11,17-20,28-32H2,1-4H3,(H,57,59,60). The van der Waals surface area contributed by atoms with Crippen molar-refractivity contribution in [3.63, 3.8) is 0 Å². The molecule has 1 saturated heterocycles. The van der Waals surface area contributed by atoms with Crippen molar-refractivity contribution in [2.24, 2.45) is 0 Å². The van der Waals surface area contributed by atoms with Crippen LogP contribution in [0.2, 0.25) is 0 Å². The Morgan fingerprint density at radius 2 is 1.56 bits per heavy atom. The number of ether oxygens (including phenoxy) is 4. The molecule has 3 atom stereocenters. The molecular formula is C51H62N12O7. The number of benzene rings is 3. The summed E-state index contributed by atoms with van der Waals surface area (Å²) in [7, 11) is 6.99. The van der Waals surface area contributed by atoms with Crippen LogP contribution in [0.1, 0.15) is 31.2 Å². The Morgan fingerprint density at radius 1 is 0.814 bits per heavy atom. The molecule has 3 aromatic heterocycles. The van der Waals surface area contributed by atoms with Gasteiger partial charge in [-0.05, 0) is 75.8 Å². The number of nitrogens with zero attached hydrogens (tertiary/aromatic N) is 9. The van der Waals surface area contributed by atoms with Gasteiger partial charge in [0.2, 0.25) is 0 Å². The third-order valence-electron chi connectivity index (χ3n) is 11.5. The number of methoxy groups -OCH3 is 1. The van der Waals surface area contributed by atoms with Gasteiger partial charge < -0.3 is 55.1 Å². The number of nitrogens with one attached hydrogen (secondary N) is 3. The van der Waals surface area contributed by atoms with Crippen LogP contribution in [0.3, 0.4) is 0 Å². The van der Waals surface area contributed by atoms with Gasteiger partial charge in [0.05, 0.1) is 31.0 Å². The second kappa shape index (κ2) is 25.5. The molecule has 0 radical (unpaired) electrons. The van der Waals surface area contributed by atoms with Gasteiger partial charge in [-0.15, -0.1) is 0 Å². The van der Waals surface area contributed by atoms with Crippen LogP contribution in [0.15, 0.2) is 91.5 Å². The van der Waals surface area contributed by atoms with Crippen molar-refractivity contribution in [2.45, 2.75) is 50.7 Å². The smallest absolute Gasteiger partial charge is 0.162 e. The number of hydrogen-bond acceptors (Lipinski definition) is 19. The van der Waals surface area contributed by atoms with Crippen LogP contribution >= 0.6 is 0 Å². The number of hydrogen-bond donors (Lipinski definition) is 6. The number of likely N-dealkylation sites (N-methyl/N-ethyl adjacent to an activating group) is 2. The van der Waals surface area contributed by atoms with E-state index < -0.39 is 18.4 Å². The average Bonchev–Trinajstić information content (AvgIpc) is 3.81. The maximum atomic E-state index is 10.5. The van der Waals surface area contributed by atoms with E-state index in [4.69, 9.17) is 38.9 Å². The first-order chi connectivity index (χ1) is 34.1. The van der Waals surface area contributed by atoms with E-state index in [9.17, 15) is 20.6 Å². The Bertz CT molecular complexity index is 2660. The zero-order chi connectivity index (χ0) is 49.2. The second-order valence-electron chi connectivity index (χ2n) is 16.8. The van der Waals surface area contributed by atoms with Gasteiger partial charge in [0, 0.05) is 98.7 Å². The number of rotatable bonds is 26. The fourth-order valence-electron chi connectivity index (χ4n) is 7.82. The summed E-state index contributed by atoms with van der Waals surface area (Å²) in [6.07, 6.45) is 5.94. The molecule has 0 spiro atoms. The lowest BCUT2D eigenvalue weighted by Crippen LogP contribution is -2.30. The van der Waals surface area contributed by atoms with Crippen LogP contribution < -0.4 is 39.8 Å². The van der Waals surface area contributed by atoms with Crippen LogP contribution in [0.25, 0.3) is 45.3 Å². The van der Waals surface area contributed by atoms with E-state index in [1.54, 1.807) is 33.6 Å². The highest BCUT2D eigenvalue weighted by atomic mass is 16.5. The predicted molar refractivity (Wildman–Crippen MR) is 267 cm³/mol. The Kier molecular flexibility index (Phi) is 18.5. The largest absolute Gasteiger partial charge is 0.493 e. The van der Waals surface area contributed by atoms with Crippen molar-refractivity contribution in [1.29, 1.82) is 5.26 Å². The maximum absolute atomic E-state index is 10.5. The van der Waals surface area contributed by atoms with E-state index in [0.717, 1.165) is 43.5 Å². The van der Waals surface area contributed by atoms with Crippen molar-refractivity contribution in [3.8, 4) is 74.4 Å². The van der Waals surface area contributed by atoms with Crippen LogP contribution in [-0.2, 0) is 6.61 Å². The van der Waals surface area contributed by atoms with E-state index in [1.807, 2.05) is 84.7 Å². The average molecular weight is 955 g/mol. The number of aliphatic hydroxyl groups excluding tert-OH is 3. The summed E-state index contributed by atoms with van der Waals surface area (Å²) in [5.74, 6) is 4.07. The number of anilines is 2. The summed E-state index contributed by atoms with van der Waals surface area (Å²) in [6, 6.07) is 24.5. The van der Waals surface area contributed by atoms with Gasteiger partial charge in [-0.25, -0.2) is 29.9 Å². The Balaban J connectivity index is 1.19. The van der Waals surface area contributed by atoms with Gasteiger partial charge >= 0.3 is 0 Å². The fourth-order valence-corrected chi connectivity index (χ4v) is 7.82. The van der Waals surface area contributed by atoms with Crippen molar-refractivity contribution in [1.82, 2.24) is 45.4 Å². The van der Waals surface area contributed by atoms with E-state index in [0.29, 0.717) is 107 Å². The molecule has 0 aliphatic carbocycles. The highest BCUT2D eigenvalue weighted by Gasteiger charge is 2.22. The number of aromatic nitrogens is 6. The Morgan fingerprint density at radius 3 is 2.27 bits per heavy atom. The summed E-state index contributed by atoms with van der Waals surface area (Å²) in [5, 5.41) is 49.7. The highest BCUT2D eigenvalue weighted by molar-refractivity contribution is 5.72. The monoisotopic (exact) mass is 954 g/mol. The molecule has 0 amide bonds. The van der Waals surface area contributed by atoms with E-state index >= 15 is 0 Å².